The van der Waals surface area contributed by atoms with E-state index in [1.54, 1.807) is 0 Å². The topological polar surface area (TPSA) is 23.6 Å². The van der Waals surface area contributed by atoms with Gasteiger partial charge in [-0.2, -0.15) is 0 Å². The van der Waals surface area contributed by atoms with E-state index in [0.717, 1.165) is 26.1 Å². The molecule has 98 valence electrons. The van der Waals surface area contributed by atoms with Gasteiger partial charge in [0.25, 0.3) is 0 Å². The van der Waals surface area contributed by atoms with Gasteiger partial charge in [0.05, 0.1) is 0 Å². The van der Waals surface area contributed by atoms with E-state index in [4.69, 9.17) is 0 Å². The SMILES string of the molecule is CC.CCN(C)CCCN(C)C(=O)C(C)C. The van der Waals surface area contributed by atoms with Crippen molar-refractivity contribution in [2.24, 2.45) is 5.92 Å². The number of hydrogen-bond acceptors (Lipinski definition) is 2. The lowest BCUT2D eigenvalue weighted by molar-refractivity contribution is -0.133. The number of carbonyl (C=O) groups excluding carboxylic acids is 1. The van der Waals surface area contributed by atoms with Gasteiger partial charge < -0.3 is 9.80 Å². The third-order valence-electron chi connectivity index (χ3n) is 2.44. The van der Waals surface area contributed by atoms with E-state index in [2.05, 4.69) is 18.9 Å². The summed E-state index contributed by atoms with van der Waals surface area (Å²) in [4.78, 5) is 15.6. The van der Waals surface area contributed by atoms with Crippen molar-refractivity contribution in [1.82, 2.24) is 9.80 Å². The molecule has 0 rings (SSSR count). The van der Waals surface area contributed by atoms with Crippen molar-refractivity contribution >= 4 is 5.91 Å². The molecular weight excluding hydrogens is 200 g/mol. The lowest BCUT2D eigenvalue weighted by Gasteiger charge is -2.21. The van der Waals surface area contributed by atoms with Crippen LogP contribution in [0, 0.1) is 5.92 Å². The van der Waals surface area contributed by atoms with Gasteiger partial charge in [-0.15, -0.1) is 0 Å². The van der Waals surface area contributed by atoms with Crippen molar-refractivity contribution in [3.8, 4) is 0 Å². The molecule has 0 saturated heterocycles. The van der Waals surface area contributed by atoms with E-state index < -0.39 is 0 Å². The summed E-state index contributed by atoms with van der Waals surface area (Å²) in [5.74, 6) is 0.355. The average Bonchev–Trinajstić information content (AvgIpc) is 2.29. The van der Waals surface area contributed by atoms with Crippen molar-refractivity contribution in [2.75, 3.05) is 33.7 Å². The Labute approximate surface area is 102 Å². The smallest absolute Gasteiger partial charge is 0.224 e. The van der Waals surface area contributed by atoms with Crippen LogP contribution in [0.25, 0.3) is 0 Å². The normalized spacial score (nSPS) is 10.1. The molecule has 0 heterocycles. The minimum atomic E-state index is 0.115. The van der Waals surface area contributed by atoms with Crippen LogP contribution in [-0.4, -0.2) is 49.4 Å². The second-order valence-electron chi connectivity index (χ2n) is 4.16. The maximum atomic E-state index is 11.5. The molecule has 0 aromatic carbocycles. The second-order valence-corrected chi connectivity index (χ2v) is 4.16. The number of rotatable bonds is 6. The Morgan fingerprint density at radius 3 is 2.00 bits per heavy atom. The van der Waals surface area contributed by atoms with Crippen LogP contribution in [0.15, 0.2) is 0 Å². The third kappa shape index (κ3) is 8.72. The van der Waals surface area contributed by atoms with Crippen LogP contribution < -0.4 is 0 Å². The molecule has 16 heavy (non-hydrogen) atoms. The van der Waals surface area contributed by atoms with Crippen LogP contribution in [-0.2, 0) is 4.79 Å². The summed E-state index contributed by atoms with van der Waals surface area (Å²) in [6.45, 7) is 13.0. The van der Waals surface area contributed by atoms with Crippen molar-refractivity contribution in [3.63, 3.8) is 0 Å². The number of amides is 1. The molecule has 0 aliphatic rings. The van der Waals surface area contributed by atoms with Gasteiger partial charge in [0, 0.05) is 19.5 Å². The zero-order valence-corrected chi connectivity index (χ0v) is 12.2. The molecule has 3 heteroatoms. The highest BCUT2D eigenvalue weighted by Crippen LogP contribution is 2.00. The molecule has 0 bridgehead atoms. The van der Waals surface area contributed by atoms with Crippen molar-refractivity contribution in [1.29, 1.82) is 0 Å². The summed E-state index contributed by atoms with van der Waals surface area (Å²) in [6.07, 6.45) is 1.05. The largest absolute Gasteiger partial charge is 0.345 e. The minimum Gasteiger partial charge on any atom is -0.345 e. The Hall–Kier alpha value is -0.570. The number of carbonyl (C=O) groups is 1. The predicted octanol–water partition coefficient (Wildman–Crippen LogP) is 2.47. The van der Waals surface area contributed by atoms with E-state index in [0.29, 0.717) is 0 Å². The zero-order chi connectivity index (χ0) is 13.1. The Bertz CT molecular complexity index is 169. The van der Waals surface area contributed by atoms with Crippen LogP contribution in [0.1, 0.15) is 41.0 Å². The first-order valence-electron chi connectivity index (χ1n) is 6.42. The standard InChI is InChI=1S/C11H24N2O.C2H6/c1-6-12(4)8-7-9-13(5)11(14)10(2)3;1-2/h10H,6-9H2,1-5H3;1-2H3. The molecule has 0 aliphatic carbocycles. The first-order chi connectivity index (χ1) is 7.49. The Balaban J connectivity index is 0. The molecule has 0 aromatic heterocycles. The highest BCUT2D eigenvalue weighted by molar-refractivity contribution is 5.77. The maximum Gasteiger partial charge on any atom is 0.224 e. The molecule has 0 aromatic rings. The van der Waals surface area contributed by atoms with Gasteiger partial charge in [0.1, 0.15) is 0 Å². The third-order valence-corrected chi connectivity index (χ3v) is 2.44. The molecule has 0 saturated carbocycles. The predicted molar refractivity (Wildman–Crippen MR) is 71.6 cm³/mol. The molecule has 0 unspecified atom stereocenters. The van der Waals surface area contributed by atoms with Crippen LogP contribution in [0.2, 0.25) is 0 Å². The Morgan fingerprint density at radius 1 is 1.12 bits per heavy atom. The van der Waals surface area contributed by atoms with Crippen molar-refractivity contribution in [3.05, 3.63) is 0 Å². The maximum absolute atomic E-state index is 11.5. The molecule has 0 fully saturated rings. The molecule has 0 radical (unpaired) electrons. The van der Waals surface area contributed by atoms with Gasteiger partial charge >= 0.3 is 0 Å². The summed E-state index contributed by atoms with van der Waals surface area (Å²) in [5, 5.41) is 0. The quantitative estimate of drug-likeness (QED) is 0.700. The first kappa shape index (κ1) is 17.8. The molecule has 0 spiro atoms. The van der Waals surface area contributed by atoms with Gasteiger partial charge in [0.15, 0.2) is 0 Å². The van der Waals surface area contributed by atoms with E-state index >= 15 is 0 Å². The molecule has 3 nitrogen and oxygen atoms in total. The highest BCUT2D eigenvalue weighted by atomic mass is 16.2. The average molecular weight is 230 g/mol. The summed E-state index contributed by atoms with van der Waals surface area (Å²) in [6, 6.07) is 0. The molecule has 0 aliphatic heterocycles. The number of nitrogens with zero attached hydrogens (tertiary/aromatic N) is 2. The highest BCUT2D eigenvalue weighted by Gasteiger charge is 2.11. The summed E-state index contributed by atoms with van der Waals surface area (Å²) < 4.78 is 0. The van der Waals surface area contributed by atoms with Crippen molar-refractivity contribution in [2.45, 2.75) is 41.0 Å². The van der Waals surface area contributed by atoms with Gasteiger partial charge in [-0.1, -0.05) is 34.6 Å². The minimum absolute atomic E-state index is 0.115. The molecule has 1 amide bonds. The fourth-order valence-corrected chi connectivity index (χ4v) is 1.29. The lowest BCUT2D eigenvalue weighted by Crippen LogP contribution is -2.33. The van der Waals surface area contributed by atoms with Crippen LogP contribution in [0.4, 0.5) is 0 Å². The second kappa shape index (κ2) is 10.9. The van der Waals surface area contributed by atoms with Gasteiger partial charge in [-0.05, 0) is 26.6 Å². The molecular formula is C13H30N2O. The molecule has 0 N–H and O–H groups in total. The fourth-order valence-electron chi connectivity index (χ4n) is 1.29. The Morgan fingerprint density at radius 2 is 1.62 bits per heavy atom. The van der Waals surface area contributed by atoms with Gasteiger partial charge in [-0.25, -0.2) is 0 Å². The van der Waals surface area contributed by atoms with Crippen LogP contribution >= 0.6 is 0 Å². The first-order valence-corrected chi connectivity index (χ1v) is 6.42. The van der Waals surface area contributed by atoms with E-state index in [1.165, 1.54) is 0 Å². The monoisotopic (exact) mass is 230 g/mol. The van der Waals surface area contributed by atoms with Crippen molar-refractivity contribution < 1.29 is 4.79 Å². The number of hydrogen-bond donors (Lipinski definition) is 0. The zero-order valence-electron chi connectivity index (χ0n) is 12.2. The summed E-state index contributed by atoms with van der Waals surface area (Å²) in [5.41, 5.74) is 0. The summed E-state index contributed by atoms with van der Waals surface area (Å²) in [7, 11) is 3.98. The van der Waals surface area contributed by atoms with Crippen LogP contribution in [0.5, 0.6) is 0 Å². The molecule has 0 atom stereocenters. The summed E-state index contributed by atoms with van der Waals surface area (Å²) >= 11 is 0. The van der Waals surface area contributed by atoms with Gasteiger partial charge in [0.2, 0.25) is 5.91 Å². The lowest BCUT2D eigenvalue weighted by atomic mass is 10.2. The van der Waals surface area contributed by atoms with Crippen LogP contribution in [0.3, 0.4) is 0 Å². The van der Waals surface area contributed by atoms with E-state index in [9.17, 15) is 4.79 Å². The van der Waals surface area contributed by atoms with E-state index in [-0.39, 0.29) is 11.8 Å². The Kier molecular flexibility index (Phi) is 12.2. The fraction of sp³-hybridized carbons (Fsp3) is 0.923. The van der Waals surface area contributed by atoms with E-state index in [1.807, 2.05) is 39.6 Å². The van der Waals surface area contributed by atoms with Gasteiger partial charge in [-0.3, -0.25) is 4.79 Å².